The second kappa shape index (κ2) is 5.72. The van der Waals surface area contributed by atoms with Gasteiger partial charge >= 0.3 is 0 Å². The number of nitrogens with one attached hydrogen (secondary N) is 1. The van der Waals surface area contributed by atoms with Gasteiger partial charge in [0.2, 0.25) is 5.91 Å². The zero-order chi connectivity index (χ0) is 13.8. The molecule has 1 aromatic carbocycles. The third-order valence-corrected chi connectivity index (χ3v) is 3.24. The van der Waals surface area contributed by atoms with E-state index in [9.17, 15) is 15.2 Å². The van der Waals surface area contributed by atoms with E-state index in [4.69, 9.17) is 0 Å². The lowest BCUT2D eigenvalue weighted by Gasteiger charge is -2.32. The van der Waals surface area contributed by atoms with E-state index in [2.05, 4.69) is 16.3 Å². The van der Waals surface area contributed by atoms with Crippen LogP contribution in [0.1, 0.15) is 25.3 Å². The molecule has 0 aliphatic carbocycles. The number of nitriles is 1. The zero-order valence-corrected chi connectivity index (χ0v) is 10.9. The Morgan fingerprint density at radius 1 is 1.47 bits per heavy atom. The molecule has 1 saturated heterocycles. The molecule has 5 heteroatoms. The highest BCUT2D eigenvalue weighted by Crippen LogP contribution is 2.26. The Bertz CT molecular complexity index is 514. The third-order valence-electron chi connectivity index (χ3n) is 3.24. The molecule has 0 bridgehead atoms. The van der Waals surface area contributed by atoms with Gasteiger partial charge in [-0.05, 0) is 31.0 Å². The monoisotopic (exact) mass is 259 g/mol. The number of nitrogens with zero attached hydrogens (tertiary/aromatic N) is 2. The lowest BCUT2D eigenvalue weighted by Crippen LogP contribution is -2.36. The molecule has 0 radical (unpaired) electrons. The fourth-order valence-electron chi connectivity index (χ4n) is 2.29. The van der Waals surface area contributed by atoms with E-state index in [0.717, 1.165) is 31.6 Å². The first-order chi connectivity index (χ1) is 9.10. The number of piperidine rings is 1. The van der Waals surface area contributed by atoms with Gasteiger partial charge in [-0.2, -0.15) is 5.26 Å². The lowest BCUT2D eigenvalue weighted by atomic mass is 10.0. The van der Waals surface area contributed by atoms with Crippen LogP contribution in [0.25, 0.3) is 0 Å². The molecule has 1 aliphatic rings. The van der Waals surface area contributed by atoms with Gasteiger partial charge in [-0.3, -0.25) is 4.79 Å². The molecule has 1 amide bonds. The van der Waals surface area contributed by atoms with E-state index < -0.39 is 0 Å². The van der Waals surface area contributed by atoms with E-state index in [1.54, 1.807) is 12.1 Å². The molecule has 0 saturated carbocycles. The highest BCUT2D eigenvalue weighted by Gasteiger charge is 2.19. The fraction of sp³-hybridized carbons (Fsp3) is 0.429. The van der Waals surface area contributed by atoms with Crippen LogP contribution in [0.3, 0.4) is 0 Å². The van der Waals surface area contributed by atoms with Crippen LogP contribution in [-0.4, -0.2) is 30.2 Å². The average Bonchev–Trinajstić information content (AvgIpc) is 2.39. The quantitative estimate of drug-likeness (QED) is 0.843. The summed E-state index contributed by atoms with van der Waals surface area (Å²) in [7, 11) is 0. The first-order valence-electron chi connectivity index (χ1n) is 6.35. The SMILES string of the molecule is CC(=O)Nc1ccc(N2CCC(O)CC2)c(C#N)c1. The number of carbonyl (C=O) groups excluding carboxylic acids is 1. The number of anilines is 2. The zero-order valence-electron chi connectivity index (χ0n) is 10.9. The average molecular weight is 259 g/mol. The van der Waals surface area contributed by atoms with E-state index in [-0.39, 0.29) is 12.0 Å². The first-order valence-corrected chi connectivity index (χ1v) is 6.35. The summed E-state index contributed by atoms with van der Waals surface area (Å²) in [6.07, 6.45) is 1.21. The second-order valence-electron chi connectivity index (χ2n) is 4.74. The number of carbonyl (C=O) groups is 1. The van der Waals surface area contributed by atoms with Crippen LogP contribution in [0.15, 0.2) is 18.2 Å². The number of aliphatic hydroxyl groups excluding tert-OH is 1. The smallest absolute Gasteiger partial charge is 0.221 e. The van der Waals surface area contributed by atoms with Crippen LogP contribution < -0.4 is 10.2 Å². The van der Waals surface area contributed by atoms with Crippen LogP contribution >= 0.6 is 0 Å². The molecular formula is C14H17N3O2. The minimum absolute atomic E-state index is 0.155. The van der Waals surface area contributed by atoms with Gasteiger partial charge in [0.1, 0.15) is 6.07 Å². The topological polar surface area (TPSA) is 76.4 Å². The van der Waals surface area contributed by atoms with Crippen molar-refractivity contribution in [2.45, 2.75) is 25.9 Å². The van der Waals surface area contributed by atoms with Crippen molar-refractivity contribution in [2.75, 3.05) is 23.3 Å². The number of amides is 1. The summed E-state index contributed by atoms with van der Waals surface area (Å²) >= 11 is 0. The van der Waals surface area contributed by atoms with Gasteiger partial charge < -0.3 is 15.3 Å². The summed E-state index contributed by atoms with van der Waals surface area (Å²) in [4.78, 5) is 13.1. The summed E-state index contributed by atoms with van der Waals surface area (Å²) in [5.41, 5.74) is 2.04. The predicted octanol–water partition coefficient (Wildman–Crippen LogP) is 1.48. The summed E-state index contributed by atoms with van der Waals surface area (Å²) in [5, 5.41) is 21.4. The van der Waals surface area contributed by atoms with Crippen LogP contribution in [0.5, 0.6) is 0 Å². The molecule has 100 valence electrons. The molecule has 1 heterocycles. The summed E-state index contributed by atoms with van der Waals surface area (Å²) in [6, 6.07) is 7.49. The lowest BCUT2D eigenvalue weighted by molar-refractivity contribution is -0.114. The maximum absolute atomic E-state index is 11.0. The summed E-state index contributed by atoms with van der Waals surface area (Å²) in [5.74, 6) is -0.155. The second-order valence-corrected chi connectivity index (χ2v) is 4.74. The molecule has 0 atom stereocenters. The van der Waals surface area contributed by atoms with Gasteiger partial charge in [-0.25, -0.2) is 0 Å². The van der Waals surface area contributed by atoms with Crippen molar-refractivity contribution < 1.29 is 9.90 Å². The standard InChI is InChI=1S/C14H17N3O2/c1-10(18)16-12-2-3-14(11(8-12)9-15)17-6-4-13(19)5-7-17/h2-3,8,13,19H,4-7H2,1H3,(H,16,18). The van der Waals surface area contributed by atoms with E-state index in [1.165, 1.54) is 6.92 Å². The summed E-state index contributed by atoms with van der Waals surface area (Å²) < 4.78 is 0. The largest absolute Gasteiger partial charge is 0.393 e. The molecule has 0 spiro atoms. The van der Waals surface area contributed by atoms with Crippen LogP contribution in [-0.2, 0) is 4.79 Å². The Labute approximate surface area is 112 Å². The molecule has 2 N–H and O–H groups in total. The molecule has 2 rings (SSSR count). The molecule has 0 aromatic heterocycles. The predicted molar refractivity (Wildman–Crippen MR) is 72.9 cm³/mol. The molecule has 19 heavy (non-hydrogen) atoms. The summed E-state index contributed by atoms with van der Waals surface area (Å²) in [6.45, 7) is 2.93. The normalized spacial score (nSPS) is 15.9. The molecule has 0 unspecified atom stereocenters. The minimum Gasteiger partial charge on any atom is -0.393 e. The Morgan fingerprint density at radius 2 is 2.16 bits per heavy atom. The Kier molecular flexibility index (Phi) is 4.03. The molecule has 1 fully saturated rings. The van der Waals surface area contributed by atoms with Crippen molar-refractivity contribution in [3.05, 3.63) is 23.8 Å². The Hall–Kier alpha value is -2.06. The maximum Gasteiger partial charge on any atom is 0.221 e. The van der Waals surface area contributed by atoms with E-state index >= 15 is 0 Å². The molecular weight excluding hydrogens is 242 g/mol. The van der Waals surface area contributed by atoms with Crippen molar-refractivity contribution >= 4 is 17.3 Å². The third kappa shape index (κ3) is 3.24. The van der Waals surface area contributed by atoms with Crippen molar-refractivity contribution in [2.24, 2.45) is 0 Å². The van der Waals surface area contributed by atoms with Gasteiger partial charge in [0, 0.05) is 25.7 Å². The van der Waals surface area contributed by atoms with Crippen LogP contribution in [0.4, 0.5) is 11.4 Å². The minimum atomic E-state index is -0.236. The van der Waals surface area contributed by atoms with Gasteiger partial charge in [0.15, 0.2) is 0 Å². The van der Waals surface area contributed by atoms with Crippen LogP contribution in [0.2, 0.25) is 0 Å². The maximum atomic E-state index is 11.0. The van der Waals surface area contributed by atoms with Crippen LogP contribution in [0, 0.1) is 11.3 Å². The number of hydrogen-bond acceptors (Lipinski definition) is 4. The van der Waals surface area contributed by atoms with Crippen molar-refractivity contribution in [1.82, 2.24) is 0 Å². The molecule has 5 nitrogen and oxygen atoms in total. The molecule has 1 aliphatic heterocycles. The van der Waals surface area contributed by atoms with Gasteiger partial charge in [0.05, 0.1) is 17.4 Å². The molecule has 1 aromatic rings. The van der Waals surface area contributed by atoms with Gasteiger partial charge in [0.25, 0.3) is 0 Å². The van der Waals surface area contributed by atoms with Gasteiger partial charge in [-0.1, -0.05) is 0 Å². The van der Waals surface area contributed by atoms with Crippen molar-refractivity contribution in [1.29, 1.82) is 5.26 Å². The van der Waals surface area contributed by atoms with E-state index in [1.807, 2.05) is 6.07 Å². The number of aliphatic hydroxyl groups is 1. The van der Waals surface area contributed by atoms with Crippen molar-refractivity contribution in [3.63, 3.8) is 0 Å². The Balaban J connectivity index is 2.21. The number of benzene rings is 1. The highest BCUT2D eigenvalue weighted by atomic mass is 16.3. The van der Waals surface area contributed by atoms with Gasteiger partial charge in [-0.15, -0.1) is 0 Å². The fourth-order valence-corrected chi connectivity index (χ4v) is 2.29. The Morgan fingerprint density at radius 3 is 2.74 bits per heavy atom. The number of hydrogen-bond donors (Lipinski definition) is 2. The van der Waals surface area contributed by atoms with E-state index in [0.29, 0.717) is 11.3 Å². The number of rotatable bonds is 2. The highest BCUT2D eigenvalue weighted by molar-refractivity contribution is 5.89. The van der Waals surface area contributed by atoms with Crippen molar-refractivity contribution in [3.8, 4) is 6.07 Å². The first kappa shape index (κ1) is 13.4.